The fraction of sp³-hybridized carbons (Fsp3) is 0.692. The third kappa shape index (κ3) is 2.89. The number of nitrogens with zero attached hydrogens (tertiary/aromatic N) is 4. The van der Waals surface area contributed by atoms with E-state index in [0.29, 0.717) is 11.2 Å². The van der Waals surface area contributed by atoms with Gasteiger partial charge in [-0.1, -0.05) is 11.6 Å². The van der Waals surface area contributed by atoms with Crippen LogP contribution in [0.15, 0.2) is 0 Å². The summed E-state index contributed by atoms with van der Waals surface area (Å²) in [6.45, 7) is 3.31. The van der Waals surface area contributed by atoms with E-state index in [-0.39, 0.29) is 0 Å². The molecule has 2 aliphatic heterocycles. The number of rotatable bonds is 2. The first-order valence-electron chi connectivity index (χ1n) is 6.64. The van der Waals surface area contributed by atoms with Crippen molar-refractivity contribution < 1.29 is 0 Å². The molecular formula is C13H19ClN4S. The summed E-state index contributed by atoms with van der Waals surface area (Å²) in [6.07, 6.45) is 0.887. The molecule has 2 aliphatic rings. The largest absolute Gasteiger partial charge is 0.304 e. The van der Waals surface area contributed by atoms with E-state index in [1.165, 1.54) is 0 Å². The molecule has 104 valence electrons. The minimum Gasteiger partial charge on any atom is -0.304 e. The number of fused-ring (bicyclic) bond motifs is 1. The van der Waals surface area contributed by atoms with E-state index in [4.69, 9.17) is 16.6 Å². The number of hydrogen-bond acceptors (Lipinski definition) is 5. The van der Waals surface area contributed by atoms with Crippen molar-refractivity contribution in [1.82, 2.24) is 19.8 Å². The van der Waals surface area contributed by atoms with E-state index in [9.17, 15) is 0 Å². The van der Waals surface area contributed by atoms with E-state index in [1.807, 2.05) is 11.8 Å². The van der Waals surface area contributed by atoms with Crippen LogP contribution in [0.4, 0.5) is 0 Å². The molecule has 1 fully saturated rings. The van der Waals surface area contributed by atoms with E-state index in [2.05, 4.69) is 28.9 Å². The Balaban J connectivity index is 1.78. The van der Waals surface area contributed by atoms with Gasteiger partial charge in [-0.3, -0.25) is 0 Å². The highest BCUT2D eigenvalue weighted by Crippen LogP contribution is 2.32. The summed E-state index contributed by atoms with van der Waals surface area (Å²) in [7, 11) is 4.36. The minimum atomic E-state index is 0.488. The van der Waals surface area contributed by atoms with Crippen LogP contribution in [0.2, 0.25) is 5.15 Å². The highest BCUT2D eigenvalue weighted by atomic mass is 35.5. The quantitative estimate of drug-likeness (QED) is 0.776. The van der Waals surface area contributed by atoms with Gasteiger partial charge in [0.1, 0.15) is 11.0 Å². The predicted molar refractivity (Wildman–Crippen MR) is 79.7 cm³/mol. The second kappa shape index (κ2) is 5.56. The molecule has 0 aliphatic carbocycles. The first-order valence-corrected chi connectivity index (χ1v) is 8.17. The van der Waals surface area contributed by atoms with Crippen molar-refractivity contribution in [3.8, 4) is 0 Å². The van der Waals surface area contributed by atoms with Gasteiger partial charge in [0, 0.05) is 49.2 Å². The van der Waals surface area contributed by atoms with Crippen LogP contribution < -0.4 is 0 Å². The zero-order valence-corrected chi connectivity index (χ0v) is 13.0. The molecule has 0 saturated carbocycles. The van der Waals surface area contributed by atoms with Crippen molar-refractivity contribution in [3.63, 3.8) is 0 Å². The third-order valence-electron chi connectivity index (χ3n) is 3.97. The molecule has 1 aromatic rings. The summed E-state index contributed by atoms with van der Waals surface area (Å²) in [5.74, 6) is 2.84. The lowest BCUT2D eigenvalue weighted by molar-refractivity contribution is 0.113. The summed E-state index contributed by atoms with van der Waals surface area (Å²) in [5, 5.41) is 0.664. The Kier molecular flexibility index (Phi) is 3.98. The standard InChI is InChI=1S/C13H19ClN4S/c1-17-3-4-18(2)9(6-17)5-12-15-11-8-19-7-10(11)13(14)16-12/h9H,3-8H2,1-2H3. The van der Waals surface area contributed by atoms with Gasteiger partial charge in [0.2, 0.25) is 0 Å². The van der Waals surface area contributed by atoms with Crippen molar-refractivity contribution in [3.05, 3.63) is 22.2 Å². The molecule has 0 bridgehead atoms. The predicted octanol–water partition coefficient (Wildman–Crippen LogP) is 1.67. The molecule has 1 saturated heterocycles. The van der Waals surface area contributed by atoms with Crippen molar-refractivity contribution in [2.75, 3.05) is 33.7 Å². The Hall–Kier alpha value is -0.360. The smallest absolute Gasteiger partial charge is 0.137 e. The maximum atomic E-state index is 6.27. The Labute approximate surface area is 123 Å². The second-order valence-electron chi connectivity index (χ2n) is 5.45. The zero-order chi connectivity index (χ0) is 13.4. The maximum Gasteiger partial charge on any atom is 0.137 e. The van der Waals surface area contributed by atoms with Crippen LogP contribution in [-0.2, 0) is 17.9 Å². The van der Waals surface area contributed by atoms with Crippen LogP contribution in [0.1, 0.15) is 17.1 Å². The summed E-state index contributed by atoms with van der Waals surface area (Å²) < 4.78 is 0. The molecule has 1 unspecified atom stereocenters. The Bertz CT molecular complexity index is 482. The molecule has 0 aromatic carbocycles. The normalized spacial score (nSPS) is 24.7. The first kappa shape index (κ1) is 13.6. The van der Waals surface area contributed by atoms with Gasteiger partial charge in [0.05, 0.1) is 5.69 Å². The van der Waals surface area contributed by atoms with Gasteiger partial charge in [-0.05, 0) is 14.1 Å². The Morgan fingerprint density at radius 1 is 1.26 bits per heavy atom. The number of aromatic nitrogens is 2. The van der Waals surface area contributed by atoms with E-state index in [0.717, 1.165) is 54.6 Å². The van der Waals surface area contributed by atoms with Crippen LogP contribution >= 0.6 is 23.4 Å². The van der Waals surface area contributed by atoms with Gasteiger partial charge in [0.15, 0.2) is 0 Å². The van der Waals surface area contributed by atoms with Gasteiger partial charge < -0.3 is 9.80 Å². The highest BCUT2D eigenvalue weighted by Gasteiger charge is 2.25. The van der Waals surface area contributed by atoms with Crippen LogP contribution in [0.5, 0.6) is 0 Å². The van der Waals surface area contributed by atoms with Crippen molar-refractivity contribution in [2.45, 2.75) is 24.0 Å². The van der Waals surface area contributed by atoms with Crippen LogP contribution in [0.25, 0.3) is 0 Å². The minimum absolute atomic E-state index is 0.488. The van der Waals surface area contributed by atoms with Crippen LogP contribution in [0, 0.1) is 0 Å². The first-order chi connectivity index (χ1) is 9.13. The molecule has 0 amide bonds. The fourth-order valence-corrected chi connectivity index (χ4v) is 4.08. The van der Waals surface area contributed by atoms with Gasteiger partial charge in [0.25, 0.3) is 0 Å². The summed E-state index contributed by atoms with van der Waals surface area (Å²) in [5.41, 5.74) is 2.29. The van der Waals surface area contributed by atoms with Gasteiger partial charge in [-0.25, -0.2) is 9.97 Å². The molecule has 3 rings (SSSR count). The molecule has 3 heterocycles. The second-order valence-corrected chi connectivity index (χ2v) is 6.79. The number of hydrogen-bond donors (Lipinski definition) is 0. The lowest BCUT2D eigenvalue weighted by atomic mass is 10.1. The number of halogens is 1. The van der Waals surface area contributed by atoms with Crippen molar-refractivity contribution >= 4 is 23.4 Å². The summed E-state index contributed by atoms with van der Waals surface area (Å²) in [6, 6.07) is 0.488. The molecule has 1 atom stereocenters. The van der Waals surface area contributed by atoms with E-state index < -0.39 is 0 Å². The number of thioether (sulfide) groups is 1. The Morgan fingerprint density at radius 2 is 2.11 bits per heavy atom. The summed E-state index contributed by atoms with van der Waals surface area (Å²) >= 11 is 8.14. The molecule has 4 nitrogen and oxygen atoms in total. The van der Waals surface area contributed by atoms with Crippen molar-refractivity contribution in [2.24, 2.45) is 0 Å². The number of piperazine rings is 1. The molecule has 0 N–H and O–H groups in total. The topological polar surface area (TPSA) is 32.3 Å². The van der Waals surface area contributed by atoms with E-state index >= 15 is 0 Å². The lowest BCUT2D eigenvalue weighted by Crippen LogP contribution is -2.51. The molecule has 1 aromatic heterocycles. The zero-order valence-electron chi connectivity index (χ0n) is 11.4. The summed E-state index contributed by atoms with van der Waals surface area (Å²) in [4.78, 5) is 14.0. The SMILES string of the molecule is CN1CCN(C)C(Cc2nc(Cl)c3c(n2)CSC3)C1. The monoisotopic (exact) mass is 298 g/mol. The maximum absolute atomic E-state index is 6.27. The number of likely N-dealkylation sites (N-methyl/N-ethyl adjacent to an activating group) is 2. The molecule has 19 heavy (non-hydrogen) atoms. The Morgan fingerprint density at radius 3 is 2.95 bits per heavy atom. The van der Waals surface area contributed by atoms with Crippen molar-refractivity contribution in [1.29, 1.82) is 0 Å². The van der Waals surface area contributed by atoms with Gasteiger partial charge in [-0.2, -0.15) is 11.8 Å². The molecule has 0 spiro atoms. The highest BCUT2D eigenvalue weighted by molar-refractivity contribution is 7.98. The fourth-order valence-electron chi connectivity index (χ4n) is 2.68. The average molecular weight is 299 g/mol. The lowest BCUT2D eigenvalue weighted by Gasteiger charge is -2.37. The average Bonchev–Trinajstić information content (AvgIpc) is 2.82. The third-order valence-corrected chi connectivity index (χ3v) is 5.26. The van der Waals surface area contributed by atoms with Gasteiger partial charge in [-0.15, -0.1) is 0 Å². The molecule has 0 radical (unpaired) electrons. The molecule has 6 heteroatoms. The van der Waals surface area contributed by atoms with Crippen LogP contribution in [-0.4, -0.2) is 59.5 Å². The molecular weight excluding hydrogens is 280 g/mol. The van der Waals surface area contributed by atoms with Gasteiger partial charge >= 0.3 is 0 Å². The van der Waals surface area contributed by atoms with Crippen LogP contribution in [0.3, 0.4) is 0 Å². The van der Waals surface area contributed by atoms with E-state index in [1.54, 1.807) is 0 Å².